The lowest BCUT2D eigenvalue weighted by molar-refractivity contribution is 0.0155. The van der Waals surface area contributed by atoms with Gasteiger partial charge in [0.1, 0.15) is 11.5 Å². The smallest absolute Gasteiger partial charge is 0.273 e. The van der Waals surface area contributed by atoms with Gasteiger partial charge in [-0.25, -0.2) is 13.6 Å². The molecule has 0 spiro atoms. The second-order valence-corrected chi connectivity index (χ2v) is 7.33. The third kappa shape index (κ3) is 5.45. The number of nitrogens with zero attached hydrogens (tertiary/aromatic N) is 2. The molecule has 6 heteroatoms. The second kappa shape index (κ2) is 9.23. The molecular formula is C23H26F2N2O2. The van der Waals surface area contributed by atoms with Crippen LogP contribution in [0.15, 0.2) is 42.5 Å². The van der Waals surface area contributed by atoms with Crippen molar-refractivity contribution in [2.75, 3.05) is 24.6 Å². The summed E-state index contributed by atoms with van der Waals surface area (Å²) >= 11 is 0. The molecule has 29 heavy (non-hydrogen) atoms. The summed E-state index contributed by atoms with van der Waals surface area (Å²) in [6.45, 7) is 12.7. The Labute approximate surface area is 170 Å². The van der Waals surface area contributed by atoms with Crippen LogP contribution in [0.5, 0.6) is 11.5 Å². The lowest BCUT2D eigenvalue weighted by Crippen LogP contribution is -2.37. The van der Waals surface area contributed by atoms with Crippen LogP contribution in [0.2, 0.25) is 0 Å². The Morgan fingerprint density at radius 1 is 1.14 bits per heavy atom. The Morgan fingerprint density at radius 2 is 1.83 bits per heavy atom. The van der Waals surface area contributed by atoms with Crippen molar-refractivity contribution >= 4 is 11.4 Å². The maximum absolute atomic E-state index is 13.9. The Hall–Kier alpha value is -2.65. The fraction of sp³-hybridized carbons (Fsp3) is 0.435. The molecule has 1 saturated heterocycles. The third-order valence-corrected chi connectivity index (χ3v) is 5.00. The highest BCUT2D eigenvalue weighted by Crippen LogP contribution is 2.39. The fourth-order valence-corrected chi connectivity index (χ4v) is 3.44. The molecule has 0 amide bonds. The molecule has 0 aromatic heterocycles. The van der Waals surface area contributed by atoms with Gasteiger partial charge in [-0.05, 0) is 49.6 Å². The molecule has 0 bridgehead atoms. The Kier molecular flexibility index (Phi) is 6.71. The molecule has 3 rings (SSSR count). The molecule has 0 unspecified atom stereocenters. The molecule has 0 aliphatic carbocycles. The van der Waals surface area contributed by atoms with Gasteiger partial charge in [-0.1, -0.05) is 19.1 Å². The molecule has 0 atom stereocenters. The summed E-state index contributed by atoms with van der Waals surface area (Å²) < 4.78 is 39.3. The lowest BCUT2D eigenvalue weighted by atomic mass is 10.1. The molecule has 154 valence electrons. The zero-order valence-corrected chi connectivity index (χ0v) is 16.8. The standard InChI is InChI=1S/C23H26F2N2O2/c1-4-15-28-19-11-13-27(14-12-19)18-6-8-20(9-7-18)29-22-16-17(26-3)5-10-21(22)23(2,24)25/h5-10,16,19H,4,11-15H2,1-2H3. The summed E-state index contributed by atoms with van der Waals surface area (Å²) in [5.74, 6) is -2.59. The first-order chi connectivity index (χ1) is 13.9. The van der Waals surface area contributed by atoms with E-state index in [1.54, 1.807) is 12.1 Å². The van der Waals surface area contributed by atoms with Crippen LogP contribution in [0.1, 0.15) is 38.7 Å². The first-order valence-corrected chi connectivity index (χ1v) is 9.95. The van der Waals surface area contributed by atoms with Crippen LogP contribution in [-0.4, -0.2) is 25.8 Å². The van der Waals surface area contributed by atoms with E-state index in [-0.39, 0.29) is 17.0 Å². The molecule has 1 aliphatic heterocycles. The fourth-order valence-electron chi connectivity index (χ4n) is 3.44. The van der Waals surface area contributed by atoms with E-state index in [2.05, 4.69) is 16.7 Å². The van der Waals surface area contributed by atoms with Crippen molar-refractivity contribution in [1.29, 1.82) is 0 Å². The van der Waals surface area contributed by atoms with Crippen molar-refractivity contribution in [3.05, 3.63) is 59.4 Å². The summed E-state index contributed by atoms with van der Waals surface area (Å²) in [5, 5.41) is 0. The highest BCUT2D eigenvalue weighted by atomic mass is 19.3. The zero-order valence-electron chi connectivity index (χ0n) is 16.8. The van der Waals surface area contributed by atoms with Gasteiger partial charge in [0.25, 0.3) is 5.92 Å². The van der Waals surface area contributed by atoms with E-state index >= 15 is 0 Å². The topological polar surface area (TPSA) is 26.1 Å². The Balaban J connectivity index is 1.68. The van der Waals surface area contributed by atoms with Crippen LogP contribution in [-0.2, 0) is 10.7 Å². The summed E-state index contributed by atoms with van der Waals surface area (Å²) in [6.07, 6.45) is 3.36. The van der Waals surface area contributed by atoms with E-state index in [4.69, 9.17) is 16.0 Å². The summed E-state index contributed by atoms with van der Waals surface area (Å²) in [7, 11) is 0. The molecular weight excluding hydrogens is 374 g/mol. The predicted octanol–water partition coefficient (Wildman–Crippen LogP) is 6.54. The van der Waals surface area contributed by atoms with E-state index in [1.165, 1.54) is 18.2 Å². The average Bonchev–Trinajstić information content (AvgIpc) is 2.72. The second-order valence-electron chi connectivity index (χ2n) is 7.33. The van der Waals surface area contributed by atoms with Crippen LogP contribution >= 0.6 is 0 Å². The number of rotatable bonds is 7. The number of ether oxygens (including phenoxy) is 2. The number of benzene rings is 2. The van der Waals surface area contributed by atoms with Gasteiger partial charge in [0.15, 0.2) is 5.69 Å². The average molecular weight is 400 g/mol. The summed E-state index contributed by atoms with van der Waals surface area (Å²) in [4.78, 5) is 5.60. The van der Waals surface area contributed by atoms with Crippen LogP contribution in [0.4, 0.5) is 20.2 Å². The molecule has 0 N–H and O–H groups in total. The van der Waals surface area contributed by atoms with Crippen molar-refractivity contribution in [3.8, 4) is 11.5 Å². The van der Waals surface area contributed by atoms with Gasteiger partial charge >= 0.3 is 0 Å². The van der Waals surface area contributed by atoms with Crippen molar-refractivity contribution in [1.82, 2.24) is 0 Å². The van der Waals surface area contributed by atoms with Crippen molar-refractivity contribution in [2.24, 2.45) is 0 Å². The number of alkyl halides is 2. The monoisotopic (exact) mass is 400 g/mol. The van der Waals surface area contributed by atoms with Gasteiger partial charge in [-0.2, -0.15) is 0 Å². The van der Waals surface area contributed by atoms with Gasteiger partial charge in [0, 0.05) is 32.3 Å². The van der Waals surface area contributed by atoms with Gasteiger partial charge < -0.3 is 14.4 Å². The minimum absolute atomic E-state index is 0.00707. The largest absolute Gasteiger partial charge is 0.458 e. The van der Waals surface area contributed by atoms with Crippen LogP contribution in [0.25, 0.3) is 4.85 Å². The molecule has 0 radical (unpaired) electrons. The molecule has 2 aromatic carbocycles. The quantitative estimate of drug-likeness (QED) is 0.494. The molecule has 1 heterocycles. The van der Waals surface area contributed by atoms with Crippen LogP contribution < -0.4 is 9.64 Å². The predicted molar refractivity (Wildman–Crippen MR) is 110 cm³/mol. The highest BCUT2D eigenvalue weighted by molar-refractivity contribution is 5.55. The van der Waals surface area contributed by atoms with E-state index in [1.807, 2.05) is 12.1 Å². The van der Waals surface area contributed by atoms with Crippen LogP contribution in [0, 0.1) is 6.57 Å². The van der Waals surface area contributed by atoms with Gasteiger partial charge in [0.2, 0.25) is 0 Å². The van der Waals surface area contributed by atoms with E-state index in [0.717, 1.165) is 51.6 Å². The lowest BCUT2D eigenvalue weighted by Gasteiger charge is -2.33. The van der Waals surface area contributed by atoms with E-state index in [0.29, 0.717) is 11.9 Å². The highest BCUT2D eigenvalue weighted by Gasteiger charge is 2.29. The molecule has 2 aromatic rings. The maximum Gasteiger partial charge on any atom is 0.273 e. The number of anilines is 1. The van der Waals surface area contributed by atoms with Gasteiger partial charge in [-0.3, -0.25) is 0 Å². The normalized spacial score (nSPS) is 15.2. The number of halogens is 2. The van der Waals surface area contributed by atoms with E-state index < -0.39 is 5.92 Å². The summed E-state index contributed by atoms with van der Waals surface area (Å²) in [6, 6.07) is 11.4. The molecule has 1 fully saturated rings. The minimum Gasteiger partial charge on any atom is -0.458 e. The SMILES string of the molecule is [C-]#[N+]c1ccc(C(C)(F)F)c(Oc2ccc(N3CCC(OCCC)CC3)cc2)c1. The number of hydrogen-bond donors (Lipinski definition) is 0. The van der Waals surface area contributed by atoms with Crippen molar-refractivity contribution < 1.29 is 18.3 Å². The summed E-state index contributed by atoms with van der Waals surface area (Å²) in [5.41, 5.74) is 1.10. The van der Waals surface area contributed by atoms with Gasteiger partial charge in [-0.15, -0.1) is 0 Å². The third-order valence-electron chi connectivity index (χ3n) is 5.00. The minimum atomic E-state index is -3.06. The molecule has 4 nitrogen and oxygen atoms in total. The first-order valence-electron chi connectivity index (χ1n) is 9.95. The van der Waals surface area contributed by atoms with Gasteiger partial charge in [0.05, 0.1) is 18.2 Å². The van der Waals surface area contributed by atoms with Crippen molar-refractivity contribution in [3.63, 3.8) is 0 Å². The molecule has 0 saturated carbocycles. The van der Waals surface area contributed by atoms with Crippen molar-refractivity contribution in [2.45, 2.75) is 45.1 Å². The Morgan fingerprint density at radius 3 is 2.41 bits per heavy atom. The first kappa shape index (κ1) is 21.1. The number of hydrogen-bond acceptors (Lipinski definition) is 3. The zero-order chi connectivity index (χ0) is 20.9. The van der Waals surface area contributed by atoms with Crippen LogP contribution in [0.3, 0.4) is 0 Å². The molecule has 1 aliphatic rings. The Bertz CT molecular complexity index is 849. The number of piperidine rings is 1. The maximum atomic E-state index is 13.9. The van der Waals surface area contributed by atoms with E-state index in [9.17, 15) is 8.78 Å².